The molecular weight excluding hydrogens is 324 g/mol. The lowest BCUT2D eigenvalue weighted by atomic mass is 9.94. The van der Waals surface area contributed by atoms with Crippen LogP contribution in [0.15, 0.2) is 54.6 Å². The maximum Gasteiger partial charge on any atom is 0.229 e. The molecule has 1 aliphatic rings. The third kappa shape index (κ3) is 4.31. The van der Waals surface area contributed by atoms with E-state index in [0.717, 1.165) is 24.1 Å². The molecule has 136 valence electrons. The Bertz CT molecular complexity index is 747. The van der Waals surface area contributed by atoms with E-state index in [9.17, 15) is 9.59 Å². The summed E-state index contributed by atoms with van der Waals surface area (Å²) in [5, 5.41) is 0. The van der Waals surface area contributed by atoms with E-state index >= 15 is 0 Å². The number of amides is 2. The standard InChI is InChI=1S/C22H26N2O2/c1-17-8-10-18(11-9-17)16-21(25)24-14-12-19(13-15-24)22(26)23(2)20-6-4-3-5-7-20/h3-11,19H,12-16H2,1-2H3. The molecule has 0 bridgehead atoms. The number of nitrogens with zero attached hydrogens (tertiary/aromatic N) is 2. The number of aryl methyl sites for hydroxylation is 1. The normalized spacial score (nSPS) is 14.9. The number of hydrogen-bond donors (Lipinski definition) is 0. The molecule has 26 heavy (non-hydrogen) atoms. The van der Waals surface area contributed by atoms with Crippen molar-refractivity contribution in [2.45, 2.75) is 26.2 Å². The predicted octanol–water partition coefficient (Wildman–Crippen LogP) is 3.44. The minimum absolute atomic E-state index is 0.0105. The van der Waals surface area contributed by atoms with Gasteiger partial charge in [-0.05, 0) is 37.5 Å². The van der Waals surface area contributed by atoms with Crippen molar-refractivity contribution in [3.05, 3.63) is 65.7 Å². The molecule has 1 heterocycles. The van der Waals surface area contributed by atoms with Gasteiger partial charge in [-0.25, -0.2) is 0 Å². The Morgan fingerprint density at radius 3 is 2.23 bits per heavy atom. The van der Waals surface area contributed by atoms with Crippen molar-refractivity contribution in [2.75, 3.05) is 25.0 Å². The SMILES string of the molecule is Cc1ccc(CC(=O)N2CCC(C(=O)N(C)c3ccccc3)CC2)cc1. The predicted molar refractivity (Wildman–Crippen MR) is 104 cm³/mol. The zero-order valence-electron chi connectivity index (χ0n) is 15.5. The van der Waals surface area contributed by atoms with Crippen LogP contribution in [0, 0.1) is 12.8 Å². The number of benzene rings is 2. The molecular formula is C22H26N2O2. The maximum absolute atomic E-state index is 12.7. The number of para-hydroxylation sites is 1. The number of piperidine rings is 1. The zero-order valence-corrected chi connectivity index (χ0v) is 15.5. The molecule has 1 fully saturated rings. The highest BCUT2D eigenvalue weighted by molar-refractivity contribution is 5.94. The van der Waals surface area contributed by atoms with E-state index < -0.39 is 0 Å². The minimum atomic E-state index is -0.0105. The summed E-state index contributed by atoms with van der Waals surface area (Å²) in [4.78, 5) is 28.9. The maximum atomic E-state index is 12.7. The van der Waals surface area contributed by atoms with Crippen LogP contribution in [-0.2, 0) is 16.0 Å². The Morgan fingerprint density at radius 2 is 1.62 bits per heavy atom. The van der Waals surface area contributed by atoms with E-state index in [-0.39, 0.29) is 17.7 Å². The Balaban J connectivity index is 1.52. The molecule has 0 aromatic heterocycles. The fraction of sp³-hybridized carbons (Fsp3) is 0.364. The number of anilines is 1. The topological polar surface area (TPSA) is 40.6 Å². The van der Waals surface area contributed by atoms with Crippen molar-refractivity contribution in [1.82, 2.24) is 4.90 Å². The second-order valence-corrected chi connectivity index (χ2v) is 7.05. The van der Waals surface area contributed by atoms with Gasteiger partial charge in [0.15, 0.2) is 0 Å². The molecule has 2 aromatic carbocycles. The Morgan fingerprint density at radius 1 is 1.00 bits per heavy atom. The molecule has 0 spiro atoms. The minimum Gasteiger partial charge on any atom is -0.342 e. The van der Waals surface area contributed by atoms with Gasteiger partial charge in [0.25, 0.3) is 0 Å². The lowest BCUT2D eigenvalue weighted by molar-refractivity contribution is -0.134. The Kier molecular flexibility index (Phi) is 5.71. The first-order valence-corrected chi connectivity index (χ1v) is 9.20. The first kappa shape index (κ1) is 18.2. The van der Waals surface area contributed by atoms with Gasteiger partial charge >= 0.3 is 0 Å². The van der Waals surface area contributed by atoms with E-state index in [4.69, 9.17) is 0 Å². The van der Waals surface area contributed by atoms with Gasteiger partial charge < -0.3 is 9.80 Å². The largest absolute Gasteiger partial charge is 0.342 e. The number of rotatable bonds is 4. The quantitative estimate of drug-likeness (QED) is 0.847. The smallest absolute Gasteiger partial charge is 0.229 e. The van der Waals surface area contributed by atoms with Gasteiger partial charge in [-0.2, -0.15) is 0 Å². The second-order valence-electron chi connectivity index (χ2n) is 7.05. The van der Waals surface area contributed by atoms with Gasteiger partial charge in [0.1, 0.15) is 0 Å². The summed E-state index contributed by atoms with van der Waals surface area (Å²) in [7, 11) is 1.83. The van der Waals surface area contributed by atoms with Crippen LogP contribution in [0.3, 0.4) is 0 Å². The Labute approximate surface area is 155 Å². The van der Waals surface area contributed by atoms with Gasteiger partial charge in [-0.3, -0.25) is 9.59 Å². The summed E-state index contributed by atoms with van der Waals surface area (Å²) >= 11 is 0. The van der Waals surface area contributed by atoms with Crippen LogP contribution in [0.25, 0.3) is 0 Å². The van der Waals surface area contributed by atoms with Crippen molar-refractivity contribution in [1.29, 1.82) is 0 Å². The number of likely N-dealkylation sites (tertiary alicyclic amines) is 1. The molecule has 0 N–H and O–H groups in total. The van der Waals surface area contributed by atoms with Crippen LogP contribution in [0.5, 0.6) is 0 Å². The van der Waals surface area contributed by atoms with Crippen molar-refractivity contribution in [3.8, 4) is 0 Å². The van der Waals surface area contributed by atoms with E-state index in [0.29, 0.717) is 19.5 Å². The van der Waals surface area contributed by atoms with Crippen molar-refractivity contribution in [3.63, 3.8) is 0 Å². The highest BCUT2D eigenvalue weighted by Crippen LogP contribution is 2.23. The number of carbonyl (C=O) groups excluding carboxylic acids is 2. The zero-order chi connectivity index (χ0) is 18.5. The van der Waals surface area contributed by atoms with Crippen molar-refractivity contribution >= 4 is 17.5 Å². The average Bonchev–Trinajstić information content (AvgIpc) is 2.69. The molecule has 0 unspecified atom stereocenters. The fourth-order valence-electron chi connectivity index (χ4n) is 3.42. The third-order valence-electron chi connectivity index (χ3n) is 5.15. The van der Waals surface area contributed by atoms with Gasteiger partial charge in [-0.1, -0.05) is 48.0 Å². The van der Waals surface area contributed by atoms with Gasteiger partial charge in [0.05, 0.1) is 6.42 Å². The van der Waals surface area contributed by atoms with Gasteiger partial charge in [-0.15, -0.1) is 0 Å². The first-order valence-electron chi connectivity index (χ1n) is 9.20. The van der Waals surface area contributed by atoms with Crippen LogP contribution in [0.2, 0.25) is 0 Å². The van der Waals surface area contributed by atoms with E-state index in [2.05, 4.69) is 0 Å². The Hall–Kier alpha value is -2.62. The molecule has 4 heteroatoms. The first-order chi connectivity index (χ1) is 12.5. The van der Waals surface area contributed by atoms with E-state index in [1.165, 1.54) is 5.56 Å². The van der Waals surface area contributed by atoms with Gasteiger partial charge in [0.2, 0.25) is 11.8 Å². The molecule has 0 saturated carbocycles. The van der Waals surface area contributed by atoms with Crippen molar-refractivity contribution in [2.24, 2.45) is 5.92 Å². The van der Waals surface area contributed by atoms with Crippen LogP contribution in [-0.4, -0.2) is 36.9 Å². The van der Waals surface area contributed by atoms with Crippen LogP contribution < -0.4 is 4.90 Å². The number of carbonyl (C=O) groups is 2. The molecule has 0 radical (unpaired) electrons. The number of hydrogen-bond acceptors (Lipinski definition) is 2. The molecule has 0 aliphatic carbocycles. The molecule has 0 atom stereocenters. The summed E-state index contributed by atoms with van der Waals surface area (Å²) in [5.74, 6) is 0.279. The van der Waals surface area contributed by atoms with Crippen LogP contribution >= 0.6 is 0 Å². The van der Waals surface area contributed by atoms with E-state index in [1.807, 2.05) is 73.5 Å². The molecule has 2 amide bonds. The lowest BCUT2D eigenvalue weighted by Gasteiger charge is -2.33. The summed E-state index contributed by atoms with van der Waals surface area (Å²) in [5.41, 5.74) is 3.15. The highest BCUT2D eigenvalue weighted by Gasteiger charge is 2.29. The lowest BCUT2D eigenvalue weighted by Crippen LogP contribution is -2.44. The fourth-order valence-corrected chi connectivity index (χ4v) is 3.42. The van der Waals surface area contributed by atoms with Gasteiger partial charge in [0, 0.05) is 31.7 Å². The molecule has 1 saturated heterocycles. The summed E-state index contributed by atoms with van der Waals surface area (Å²) in [6, 6.07) is 17.8. The highest BCUT2D eigenvalue weighted by atomic mass is 16.2. The average molecular weight is 350 g/mol. The second kappa shape index (κ2) is 8.17. The summed E-state index contributed by atoms with van der Waals surface area (Å²) in [6.45, 7) is 3.35. The third-order valence-corrected chi connectivity index (χ3v) is 5.15. The van der Waals surface area contributed by atoms with E-state index in [1.54, 1.807) is 4.90 Å². The molecule has 3 rings (SSSR count). The monoisotopic (exact) mass is 350 g/mol. The van der Waals surface area contributed by atoms with Crippen molar-refractivity contribution < 1.29 is 9.59 Å². The van der Waals surface area contributed by atoms with Crippen LogP contribution in [0.4, 0.5) is 5.69 Å². The summed E-state index contributed by atoms with van der Waals surface area (Å²) in [6.07, 6.45) is 1.90. The molecule has 4 nitrogen and oxygen atoms in total. The molecule has 2 aromatic rings. The van der Waals surface area contributed by atoms with Crippen LogP contribution in [0.1, 0.15) is 24.0 Å². The molecule has 1 aliphatic heterocycles. The summed E-state index contributed by atoms with van der Waals surface area (Å²) < 4.78 is 0.